The summed E-state index contributed by atoms with van der Waals surface area (Å²) in [7, 11) is 0. The van der Waals surface area contributed by atoms with E-state index in [0.717, 1.165) is 23.4 Å². The van der Waals surface area contributed by atoms with E-state index in [1.165, 1.54) is 16.7 Å². The van der Waals surface area contributed by atoms with Crippen LogP contribution in [0.5, 0.6) is 0 Å². The summed E-state index contributed by atoms with van der Waals surface area (Å²) in [6, 6.07) is 4.55. The fourth-order valence-corrected chi connectivity index (χ4v) is 2.34. The number of aromatic nitrogens is 1. The van der Waals surface area contributed by atoms with Crippen LogP contribution in [0.2, 0.25) is 0 Å². The lowest BCUT2D eigenvalue weighted by atomic mass is 9.96. The summed E-state index contributed by atoms with van der Waals surface area (Å²) in [5, 5.41) is 0. The first-order chi connectivity index (χ1) is 8.02. The van der Waals surface area contributed by atoms with Crippen molar-refractivity contribution in [3.63, 3.8) is 0 Å². The maximum atomic E-state index is 5.64. The summed E-state index contributed by atoms with van der Waals surface area (Å²) in [6.07, 6.45) is 0.822. The molecule has 90 valence electrons. The van der Waals surface area contributed by atoms with E-state index in [9.17, 15) is 0 Å². The second-order valence-electron chi connectivity index (χ2n) is 4.46. The van der Waals surface area contributed by atoms with Gasteiger partial charge in [-0.05, 0) is 38.3 Å². The molecule has 2 rings (SSSR count). The molecule has 1 aromatic carbocycles. The third-order valence-corrected chi connectivity index (χ3v) is 2.95. The molecular weight excluding hydrogens is 212 g/mol. The summed E-state index contributed by atoms with van der Waals surface area (Å²) in [5.74, 6) is 0.819. The quantitative estimate of drug-likeness (QED) is 0.860. The van der Waals surface area contributed by atoms with Gasteiger partial charge in [-0.1, -0.05) is 24.6 Å². The van der Waals surface area contributed by atoms with E-state index in [2.05, 4.69) is 44.8 Å². The van der Waals surface area contributed by atoms with Crippen LogP contribution in [0.1, 0.15) is 29.3 Å². The molecular formula is C14H18N2O. The standard InChI is InChI=1S/C14H18N2O/c1-5-11-13(17-14(15)16-11)12-9(3)6-8(2)7-10(12)4/h6-7H,5H2,1-4H3,(H2,15,16). The summed E-state index contributed by atoms with van der Waals surface area (Å²) in [4.78, 5) is 4.22. The van der Waals surface area contributed by atoms with Crippen molar-refractivity contribution in [2.45, 2.75) is 34.1 Å². The molecule has 0 aliphatic carbocycles. The summed E-state index contributed by atoms with van der Waals surface area (Å²) in [5.41, 5.74) is 11.4. The van der Waals surface area contributed by atoms with Gasteiger partial charge in [-0.2, -0.15) is 4.98 Å². The number of aryl methyl sites for hydroxylation is 4. The normalized spacial score (nSPS) is 10.8. The number of benzene rings is 1. The number of rotatable bonds is 2. The van der Waals surface area contributed by atoms with Crippen molar-refractivity contribution in [1.29, 1.82) is 0 Å². The largest absolute Gasteiger partial charge is 0.423 e. The van der Waals surface area contributed by atoms with Crippen LogP contribution in [0.4, 0.5) is 6.01 Å². The van der Waals surface area contributed by atoms with Crippen LogP contribution in [-0.2, 0) is 6.42 Å². The molecule has 0 unspecified atom stereocenters. The number of oxazole rings is 1. The molecule has 0 atom stereocenters. The molecule has 0 saturated carbocycles. The lowest BCUT2D eigenvalue weighted by Crippen LogP contribution is -1.92. The van der Waals surface area contributed by atoms with Gasteiger partial charge < -0.3 is 10.2 Å². The highest BCUT2D eigenvalue weighted by atomic mass is 16.4. The predicted molar refractivity (Wildman–Crippen MR) is 69.9 cm³/mol. The third kappa shape index (κ3) is 2.05. The van der Waals surface area contributed by atoms with E-state index in [1.807, 2.05) is 0 Å². The Morgan fingerprint density at radius 2 is 1.76 bits per heavy atom. The fourth-order valence-electron chi connectivity index (χ4n) is 2.34. The maximum absolute atomic E-state index is 5.64. The van der Waals surface area contributed by atoms with Crippen molar-refractivity contribution in [3.05, 3.63) is 34.5 Å². The number of hydrogen-bond acceptors (Lipinski definition) is 3. The minimum absolute atomic E-state index is 0.247. The van der Waals surface area contributed by atoms with Crippen molar-refractivity contribution in [2.24, 2.45) is 0 Å². The lowest BCUT2D eigenvalue weighted by molar-refractivity contribution is 0.592. The van der Waals surface area contributed by atoms with Crippen LogP contribution in [0.15, 0.2) is 16.5 Å². The first kappa shape index (κ1) is 11.7. The number of nitrogens with two attached hydrogens (primary N) is 1. The minimum atomic E-state index is 0.247. The summed E-state index contributed by atoms with van der Waals surface area (Å²) < 4.78 is 5.56. The topological polar surface area (TPSA) is 52.0 Å². The van der Waals surface area contributed by atoms with E-state index in [4.69, 9.17) is 10.2 Å². The second-order valence-corrected chi connectivity index (χ2v) is 4.46. The van der Waals surface area contributed by atoms with Gasteiger partial charge >= 0.3 is 0 Å². The lowest BCUT2D eigenvalue weighted by Gasteiger charge is -2.09. The molecule has 3 heteroatoms. The first-order valence-electron chi connectivity index (χ1n) is 5.86. The fraction of sp³-hybridized carbons (Fsp3) is 0.357. The number of nitrogens with zero attached hydrogens (tertiary/aromatic N) is 1. The Kier molecular flexibility index (Phi) is 2.92. The minimum Gasteiger partial charge on any atom is -0.423 e. The highest BCUT2D eigenvalue weighted by molar-refractivity contribution is 5.69. The highest BCUT2D eigenvalue weighted by Crippen LogP contribution is 2.32. The zero-order valence-corrected chi connectivity index (χ0v) is 10.8. The highest BCUT2D eigenvalue weighted by Gasteiger charge is 2.16. The van der Waals surface area contributed by atoms with E-state index in [0.29, 0.717) is 0 Å². The summed E-state index contributed by atoms with van der Waals surface area (Å²) >= 11 is 0. The molecule has 1 aromatic heterocycles. The zero-order valence-electron chi connectivity index (χ0n) is 10.8. The van der Waals surface area contributed by atoms with Gasteiger partial charge in [0, 0.05) is 5.56 Å². The molecule has 0 bridgehead atoms. The van der Waals surface area contributed by atoms with Crippen LogP contribution < -0.4 is 5.73 Å². The Morgan fingerprint density at radius 3 is 2.29 bits per heavy atom. The van der Waals surface area contributed by atoms with Gasteiger partial charge in [-0.15, -0.1) is 0 Å². The zero-order chi connectivity index (χ0) is 12.6. The van der Waals surface area contributed by atoms with E-state index in [1.54, 1.807) is 0 Å². The van der Waals surface area contributed by atoms with E-state index < -0.39 is 0 Å². The van der Waals surface area contributed by atoms with Crippen LogP contribution in [-0.4, -0.2) is 4.98 Å². The van der Waals surface area contributed by atoms with Crippen molar-refractivity contribution in [3.8, 4) is 11.3 Å². The number of anilines is 1. The van der Waals surface area contributed by atoms with Gasteiger partial charge in [-0.3, -0.25) is 0 Å². The molecule has 0 fully saturated rings. The van der Waals surface area contributed by atoms with Crippen LogP contribution in [0.25, 0.3) is 11.3 Å². The third-order valence-electron chi connectivity index (χ3n) is 2.95. The molecule has 2 aromatic rings. The molecule has 0 amide bonds. The van der Waals surface area contributed by atoms with Crippen LogP contribution >= 0.6 is 0 Å². The molecule has 17 heavy (non-hydrogen) atoms. The van der Waals surface area contributed by atoms with E-state index >= 15 is 0 Å². The van der Waals surface area contributed by atoms with Crippen molar-refractivity contribution < 1.29 is 4.42 Å². The average molecular weight is 230 g/mol. The predicted octanol–water partition coefficient (Wildman–Crippen LogP) is 3.41. The maximum Gasteiger partial charge on any atom is 0.292 e. The average Bonchev–Trinajstić information content (AvgIpc) is 2.58. The van der Waals surface area contributed by atoms with Crippen LogP contribution in [0.3, 0.4) is 0 Å². The molecule has 0 aliphatic heterocycles. The van der Waals surface area contributed by atoms with E-state index in [-0.39, 0.29) is 6.01 Å². The van der Waals surface area contributed by atoms with Gasteiger partial charge in [0.05, 0.1) is 5.69 Å². The van der Waals surface area contributed by atoms with Gasteiger partial charge in [0.15, 0.2) is 5.76 Å². The number of nitrogen functional groups attached to an aromatic ring is 1. The van der Waals surface area contributed by atoms with Crippen molar-refractivity contribution in [1.82, 2.24) is 4.98 Å². The van der Waals surface area contributed by atoms with Crippen LogP contribution in [0, 0.1) is 20.8 Å². The Balaban J connectivity index is 2.67. The Morgan fingerprint density at radius 1 is 1.18 bits per heavy atom. The Labute approximate surface area is 102 Å². The molecule has 0 aliphatic rings. The Hall–Kier alpha value is -1.77. The molecule has 2 N–H and O–H groups in total. The van der Waals surface area contributed by atoms with Crippen molar-refractivity contribution in [2.75, 3.05) is 5.73 Å². The Bertz CT molecular complexity index is 532. The SMILES string of the molecule is CCc1nc(N)oc1-c1c(C)cc(C)cc1C. The van der Waals surface area contributed by atoms with Gasteiger partial charge in [0.25, 0.3) is 6.01 Å². The monoisotopic (exact) mass is 230 g/mol. The van der Waals surface area contributed by atoms with Gasteiger partial charge in [0.1, 0.15) is 0 Å². The number of hydrogen-bond donors (Lipinski definition) is 1. The smallest absolute Gasteiger partial charge is 0.292 e. The molecule has 0 saturated heterocycles. The van der Waals surface area contributed by atoms with Gasteiger partial charge in [0.2, 0.25) is 0 Å². The molecule has 3 nitrogen and oxygen atoms in total. The van der Waals surface area contributed by atoms with Gasteiger partial charge in [-0.25, -0.2) is 0 Å². The van der Waals surface area contributed by atoms with Crippen molar-refractivity contribution >= 4 is 6.01 Å². The molecule has 0 spiro atoms. The molecule has 0 radical (unpaired) electrons. The second kappa shape index (κ2) is 4.24. The molecule has 1 heterocycles. The first-order valence-corrected chi connectivity index (χ1v) is 5.86. The summed E-state index contributed by atoms with van der Waals surface area (Å²) in [6.45, 7) is 8.33.